The molecule has 1 aromatic heterocycles. The fourth-order valence-corrected chi connectivity index (χ4v) is 3.05. The van der Waals surface area contributed by atoms with Crippen LogP contribution in [0.15, 0.2) is 60.0 Å². The van der Waals surface area contributed by atoms with Gasteiger partial charge in [-0.2, -0.15) is 13.2 Å². The lowest BCUT2D eigenvalue weighted by Gasteiger charge is -2.09. The number of hydrogen-bond donors (Lipinski definition) is 2. The third kappa shape index (κ3) is 5.17. The molecule has 28 heavy (non-hydrogen) atoms. The zero-order valence-corrected chi connectivity index (χ0v) is 15.1. The molecule has 0 atom stereocenters. The molecule has 0 aliphatic carbocycles. The molecule has 0 spiro atoms. The van der Waals surface area contributed by atoms with Gasteiger partial charge in [0.1, 0.15) is 0 Å². The molecule has 0 saturated carbocycles. The molecule has 0 aliphatic rings. The van der Waals surface area contributed by atoms with E-state index >= 15 is 0 Å². The van der Waals surface area contributed by atoms with E-state index in [1.165, 1.54) is 12.1 Å². The largest absolute Gasteiger partial charge is 0.416 e. The number of halogens is 3. The molecule has 0 unspecified atom stereocenters. The van der Waals surface area contributed by atoms with Crippen LogP contribution in [0.3, 0.4) is 0 Å². The SMILES string of the molecule is O=C(Cc1csc(NC(=O)c2ccccc2)n1)Nc1cccc(C(F)(F)F)c1. The third-order valence-corrected chi connectivity index (χ3v) is 4.43. The Balaban J connectivity index is 1.59. The van der Waals surface area contributed by atoms with Gasteiger partial charge in [0.25, 0.3) is 5.91 Å². The number of hydrogen-bond acceptors (Lipinski definition) is 4. The topological polar surface area (TPSA) is 71.1 Å². The number of carbonyl (C=O) groups excluding carboxylic acids is 2. The van der Waals surface area contributed by atoms with Gasteiger partial charge in [-0.15, -0.1) is 11.3 Å². The maximum atomic E-state index is 12.7. The van der Waals surface area contributed by atoms with E-state index in [0.29, 0.717) is 16.4 Å². The Morgan fingerprint density at radius 1 is 1.00 bits per heavy atom. The molecule has 0 bridgehead atoms. The number of benzene rings is 2. The monoisotopic (exact) mass is 405 g/mol. The first-order valence-electron chi connectivity index (χ1n) is 8.09. The van der Waals surface area contributed by atoms with Crippen LogP contribution >= 0.6 is 11.3 Å². The summed E-state index contributed by atoms with van der Waals surface area (Å²) in [5.41, 5.74) is 0.0805. The number of carbonyl (C=O) groups is 2. The fourth-order valence-electron chi connectivity index (χ4n) is 2.35. The summed E-state index contributed by atoms with van der Waals surface area (Å²) >= 11 is 1.15. The number of nitrogens with one attached hydrogen (secondary N) is 2. The average Bonchev–Trinajstić information content (AvgIpc) is 3.08. The Morgan fingerprint density at radius 2 is 1.75 bits per heavy atom. The number of rotatable bonds is 5. The van der Waals surface area contributed by atoms with Crippen molar-refractivity contribution in [2.75, 3.05) is 10.6 Å². The molecule has 2 aromatic carbocycles. The van der Waals surface area contributed by atoms with Crippen molar-refractivity contribution < 1.29 is 22.8 Å². The highest BCUT2D eigenvalue weighted by Crippen LogP contribution is 2.30. The van der Waals surface area contributed by atoms with E-state index in [1.54, 1.807) is 35.7 Å². The molecular weight excluding hydrogens is 391 g/mol. The second-order valence-corrected chi connectivity index (χ2v) is 6.63. The lowest BCUT2D eigenvalue weighted by molar-refractivity contribution is -0.137. The van der Waals surface area contributed by atoms with Crippen molar-refractivity contribution in [2.45, 2.75) is 12.6 Å². The number of aromatic nitrogens is 1. The summed E-state index contributed by atoms with van der Waals surface area (Å²) < 4.78 is 38.2. The normalized spacial score (nSPS) is 11.1. The predicted octanol–water partition coefficient (Wildman–Crippen LogP) is 4.60. The molecule has 0 fully saturated rings. The molecule has 0 aliphatic heterocycles. The zero-order chi connectivity index (χ0) is 20.1. The lowest BCUT2D eigenvalue weighted by Crippen LogP contribution is -2.16. The van der Waals surface area contributed by atoms with Crippen LogP contribution in [0, 0.1) is 0 Å². The Labute approximate surface area is 162 Å². The van der Waals surface area contributed by atoms with Gasteiger partial charge in [-0.1, -0.05) is 24.3 Å². The molecule has 5 nitrogen and oxygen atoms in total. The van der Waals surface area contributed by atoms with E-state index in [2.05, 4.69) is 15.6 Å². The van der Waals surface area contributed by atoms with E-state index in [9.17, 15) is 22.8 Å². The molecule has 3 rings (SSSR count). The molecule has 9 heteroatoms. The summed E-state index contributed by atoms with van der Waals surface area (Å²) in [4.78, 5) is 28.3. The van der Waals surface area contributed by atoms with Crippen LogP contribution in [0.4, 0.5) is 24.0 Å². The van der Waals surface area contributed by atoms with Crippen LogP contribution in [0.2, 0.25) is 0 Å². The molecule has 0 saturated heterocycles. The Hall–Kier alpha value is -3.20. The van der Waals surface area contributed by atoms with Gasteiger partial charge in [-0.3, -0.25) is 14.9 Å². The Morgan fingerprint density at radius 3 is 2.46 bits per heavy atom. The number of anilines is 2. The van der Waals surface area contributed by atoms with E-state index in [-0.39, 0.29) is 18.0 Å². The van der Waals surface area contributed by atoms with E-state index in [4.69, 9.17) is 0 Å². The van der Waals surface area contributed by atoms with Gasteiger partial charge in [-0.05, 0) is 30.3 Å². The Bertz CT molecular complexity index is 987. The summed E-state index contributed by atoms with van der Waals surface area (Å²) in [6.45, 7) is 0. The van der Waals surface area contributed by atoms with Crippen LogP contribution in [0.25, 0.3) is 0 Å². The molecule has 3 aromatic rings. The van der Waals surface area contributed by atoms with Crippen molar-refractivity contribution in [3.05, 3.63) is 76.8 Å². The van der Waals surface area contributed by atoms with Crippen LogP contribution in [-0.2, 0) is 17.4 Å². The van der Waals surface area contributed by atoms with Gasteiger partial charge in [0, 0.05) is 16.6 Å². The smallest absolute Gasteiger partial charge is 0.326 e. The van der Waals surface area contributed by atoms with Crippen molar-refractivity contribution in [1.82, 2.24) is 4.98 Å². The highest BCUT2D eigenvalue weighted by atomic mass is 32.1. The molecule has 144 valence electrons. The van der Waals surface area contributed by atoms with Gasteiger partial charge < -0.3 is 5.32 Å². The third-order valence-electron chi connectivity index (χ3n) is 3.62. The van der Waals surface area contributed by atoms with Gasteiger partial charge in [0.05, 0.1) is 17.7 Å². The standard InChI is InChI=1S/C19H14F3N3O2S/c20-19(21,22)13-7-4-8-14(9-13)23-16(26)10-15-11-28-18(24-15)25-17(27)12-5-2-1-3-6-12/h1-9,11H,10H2,(H,23,26)(H,24,25,27). The zero-order valence-electron chi connectivity index (χ0n) is 14.3. The second-order valence-electron chi connectivity index (χ2n) is 5.77. The summed E-state index contributed by atoms with van der Waals surface area (Å²) in [5, 5.41) is 6.99. The minimum Gasteiger partial charge on any atom is -0.326 e. The molecule has 0 radical (unpaired) electrons. The quantitative estimate of drug-likeness (QED) is 0.652. The maximum Gasteiger partial charge on any atom is 0.416 e. The summed E-state index contributed by atoms with van der Waals surface area (Å²) in [6.07, 6.45) is -4.62. The summed E-state index contributed by atoms with van der Waals surface area (Å²) in [7, 11) is 0. The number of nitrogens with zero attached hydrogens (tertiary/aromatic N) is 1. The predicted molar refractivity (Wildman–Crippen MR) is 100 cm³/mol. The molecular formula is C19H14F3N3O2S. The summed E-state index contributed by atoms with van der Waals surface area (Å²) in [6, 6.07) is 13.0. The first-order chi connectivity index (χ1) is 13.3. The first-order valence-corrected chi connectivity index (χ1v) is 8.97. The average molecular weight is 405 g/mol. The van der Waals surface area contributed by atoms with Crippen molar-refractivity contribution in [3.63, 3.8) is 0 Å². The van der Waals surface area contributed by atoms with E-state index in [1.807, 2.05) is 0 Å². The van der Waals surface area contributed by atoms with Crippen LogP contribution < -0.4 is 10.6 Å². The van der Waals surface area contributed by atoms with E-state index < -0.39 is 17.6 Å². The van der Waals surface area contributed by atoms with E-state index in [0.717, 1.165) is 23.5 Å². The maximum absolute atomic E-state index is 12.7. The number of amides is 2. The minimum atomic E-state index is -4.48. The Kier molecular flexibility index (Phi) is 5.74. The number of alkyl halides is 3. The van der Waals surface area contributed by atoms with Gasteiger partial charge in [0.15, 0.2) is 5.13 Å². The van der Waals surface area contributed by atoms with Crippen molar-refractivity contribution >= 4 is 34.0 Å². The molecule has 1 heterocycles. The minimum absolute atomic E-state index is 0.0488. The second kappa shape index (κ2) is 8.22. The highest BCUT2D eigenvalue weighted by Gasteiger charge is 2.30. The van der Waals surface area contributed by atoms with Crippen LogP contribution in [0.1, 0.15) is 21.6 Å². The van der Waals surface area contributed by atoms with Gasteiger partial charge in [-0.25, -0.2) is 4.98 Å². The van der Waals surface area contributed by atoms with Gasteiger partial charge in [0.2, 0.25) is 5.91 Å². The van der Waals surface area contributed by atoms with Crippen molar-refractivity contribution in [3.8, 4) is 0 Å². The van der Waals surface area contributed by atoms with Crippen LogP contribution in [-0.4, -0.2) is 16.8 Å². The fraction of sp³-hybridized carbons (Fsp3) is 0.105. The summed E-state index contributed by atoms with van der Waals surface area (Å²) in [5.74, 6) is -0.833. The van der Waals surface area contributed by atoms with Crippen LogP contribution in [0.5, 0.6) is 0 Å². The molecule has 2 amide bonds. The van der Waals surface area contributed by atoms with Gasteiger partial charge >= 0.3 is 6.18 Å². The first kappa shape index (κ1) is 19.6. The van der Waals surface area contributed by atoms with Crippen molar-refractivity contribution in [2.24, 2.45) is 0 Å². The molecule has 2 N–H and O–H groups in total. The number of thiazole rings is 1. The lowest BCUT2D eigenvalue weighted by atomic mass is 10.2. The van der Waals surface area contributed by atoms with Crippen molar-refractivity contribution in [1.29, 1.82) is 0 Å². The highest BCUT2D eigenvalue weighted by molar-refractivity contribution is 7.14.